The van der Waals surface area contributed by atoms with Gasteiger partial charge in [0.1, 0.15) is 12.6 Å². The maximum absolute atomic E-state index is 9.50. The van der Waals surface area contributed by atoms with E-state index < -0.39 is 6.10 Å². The lowest BCUT2D eigenvalue weighted by atomic mass is 10.4. The Labute approximate surface area is 41.4 Å². The molecule has 0 spiro atoms. The van der Waals surface area contributed by atoms with Crippen LogP contribution in [-0.2, 0) is 0 Å². The van der Waals surface area contributed by atoms with E-state index in [0.29, 0.717) is 5.48 Å². The topological polar surface area (TPSA) is 80.1 Å². The van der Waals surface area contributed by atoms with Crippen LogP contribution in [0.1, 0.15) is 0 Å². The highest BCUT2D eigenvalue weighted by Crippen LogP contribution is 1.68. The molecule has 0 aromatic carbocycles. The van der Waals surface area contributed by atoms with Crippen LogP contribution >= 0.6 is 0 Å². The van der Waals surface area contributed by atoms with Crippen LogP contribution in [0.3, 0.4) is 0 Å². The van der Waals surface area contributed by atoms with E-state index in [2.05, 4.69) is 0 Å². The number of nitrogens with two attached hydrogens (primary N) is 1. The monoisotopic (exact) mass is 107 g/mol. The summed E-state index contributed by atoms with van der Waals surface area (Å²) in [5, 5.41) is 25.9. The van der Waals surface area contributed by atoms with Crippen molar-refractivity contribution in [2.24, 2.45) is 0 Å². The Morgan fingerprint density at radius 2 is 2.29 bits per heavy atom. The van der Waals surface area contributed by atoms with Crippen molar-refractivity contribution in [3.05, 3.63) is 5.21 Å². The summed E-state index contributed by atoms with van der Waals surface area (Å²) in [5.41, 5.74) is 0.570. The molecule has 0 saturated carbocycles. The van der Waals surface area contributed by atoms with Crippen molar-refractivity contribution >= 4 is 0 Å². The minimum absolute atomic E-state index is 0.0243. The zero-order chi connectivity index (χ0) is 5.70. The van der Waals surface area contributed by atoms with Crippen LogP contribution < -0.4 is 5.48 Å². The lowest BCUT2D eigenvalue weighted by Gasteiger charge is -2.04. The first kappa shape index (κ1) is 6.84. The summed E-state index contributed by atoms with van der Waals surface area (Å²) < 4.78 is 0. The van der Waals surface area contributed by atoms with Crippen LogP contribution in [0, 0.1) is 5.21 Å². The second-order valence-electron chi connectivity index (χ2n) is 1.24. The number of rotatable bonds is 3. The van der Waals surface area contributed by atoms with Crippen molar-refractivity contribution in [3.63, 3.8) is 0 Å². The standard InChI is InChI=1S/C3H9NO3/c5-2-3(6)1-4-7/h3,5-6H,1-2,4H2. The molecular formula is C3H9NO3. The summed E-state index contributed by atoms with van der Waals surface area (Å²) in [6.07, 6.45) is -0.863. The van der Waals surface area contributed by atoms with E-state index in [0.717, 1.165) is 0 Å². The molecule has 4 heteroatoms. The van der Waals surface area contributed by atoms with Gasteiger partial charge in [0.05, 0.1) is 6.61 Å². The highest BCUT2D eigenvalue weighted by molar-refractivity contribution is 4.44. The van der Waals surface area contributed by atoms with Crippen LogP contribution in [0.4, 0.5) is 0 Å². The van der Waals surface area contributed by atoms with E-state index in [9.17, 15) is 5.21 Å². The molecule has 4 nitrogen and oxygen atoms in total. The highest BCUT2D eigenvalue weighted by Gasteiger charge is 1.97. The largest absolute Gasteiger partial charge is 0.636 e. The Kier molecular flexibility index (Phi) is 3.92. The molecule has 0 aliphatic rings. The van der Waals surface area contributed by atoms with Crippen LogP contribution in [0.15, 0.2) is 0 Å². The number of hydroxylamine groups is 1. The van der Waals surface area contributed by atoms with E-state index in [1.54, 1.807) is 0 Å². The average molecular weight is 107 g/mol. The van der Waals surface area contributed by atoms with E-state index in [4.69, 9.17) is 10.2 Å². The summed E-state index contributed by atoms with van der Waals surface area (Å²) >= 11 is 0. The third-order valence-corrected chi connectivity index (χ3v) is 0.579. The molecular weight excluding hydrogens is 98.0 g/mol. The van der Waals surface area contributed by atoms with Gasteiger partial charge in [-0.3, -0.25) is 0 Å². The average Bonchev–Trinajstić information content (AvgIpc) is 1.68. The first-order valence-electron chi connectivity index (χ1n) is 2.03. The molecule has 0 aliphatic heterocycles. The van der Waals surface area contributed by atoms with Crippen molar-refractivity contribution in [1.82, 2.24) is 0 Å². The van der Waals surface area contributed by atoms with E-state index in [1.165, 1.54) is 0 Å². The van der Waals surface area contributed by atoms with Gasteiger partial charge in [-0.05, 0) is 0 Å². The zero-order valence-corrected chi connectivity index (χ0v) is 3.87. The van der Waals surface area contributed by atoms with Gasteiger partial charge in [0, 0.05) is 0 Å². The molecule has 0 fully saturated rings. The molecule has 0 aliphatic carbocycles. The van der Waals surface area contributed by atoms with Gasteiger partial charge in [0.25, 0.3) is 0 Å². The van der Waals surface area contributed by atoms with Crippen LogP contribution in [0.25, 0.3) is 0 Å². The third kappa shape index (κ3) is 3.68. The number of hydrogen-bond acceptors (Lipinski definition) is 3. The van der Waals surface area contributed by atoms with Gasteiger partial charge in [-0.1, -0.05) is 0 Å². The lowest BCUT2D eigenvalue weighted by Crippen LogP contribution is -2.80. The van der Waals surface area contributed by atoms with Crippen molar-refractivity contribution in [2.45, 2.75) is 6.10 Å². The van der Waals surface area contributed by atoms with Crippen molar-refractivity contribution in [2.75, 3.05) is 13.2 Å². The Morgan fingerprint density at radius 3 is 2.43 bits per heavy atom. The maximum atomic E-state index is 9.50. The van der Waals surface area contributed by atoms with Gasteiger partial charge in [0.15, 0.2) is 0 Å². The molecule has 0 aromatic rings. The molecule has 0 radical (unpaired) electrons. The van der Waals surface area contributed by atoms with Gasteiger partial charge in [-0.15, -0.1) is 0 Å². The molecule has 1 unspecified atom stereocenters. The molecule has 0 bridgehead atoms. The SMILES string of the molecule is [O-][NH2+]CC(O)CO. The number of hydrogen-bond donors (Lipinski definition) is 3. The summed E-state index contributed by atoms with van der Waals surface area (Å²) in [6.45, 7) is -0.310. The summed E-state index contributed by atoms with van der Waals surface area (Å²) in [4.78, 5) is 0. The first-order valence-corrected chi connectivity index (χ1v) is 2.03. The van der Waals surface area contributed by atoms with Crippen LogP contribution in [0.5, 0.6) is 0 Å². The number of aliphatic hydroxyl groups is 2. The fourth-order valence-corrected chi connectivity index (χ4v) is 0.186. The van der Waals surface area contributed by atoms with Crippen molar-refractivity contribution in [1.29, 1.82) is 0 Å². The fourth-order valence-electron chi connectivity index (χ4n) is 0.186. The molecule has 1 atom stereocenters. The second kappa shape index (κ2) is 4.01. The van der Waals surface area contributed by atoms with Gasteiger partial charge >= 0.3 is 0 Å². The minimum atomic E-state index is -0.863. The predicted molar refractivity (Wildman–Crippen MR) is 23.3 cm³/mol. The van der Waals surface area contributed by atoms with Gasteiger partial charge in [-0.2, -0.15) is 0 Å². The molecule has 44 valence electrons. The molecule has 0 heterocycles. The van der Waals surface area contributed by atoms with Crippen LogP contribution in [0.2, 0.25) is 0 Å². The van der Waals surface area contributed by atoms with E-state index in [1.807, 2.05) is 0 Å². The lowest BCUT2D eigenvalue weighted by molar-refractivity contribution is -0.596. The molecule has 4 N–H and O–H groups in total. The summed E-state index contributed by atoms with van der Waals surface area (Å²) in [6, 6.07) is 0. The molecule has 0 aromatic heterocycles. The summed E-state index contributed by atoms with van der Waals surface area (Å²) in [7, 11) is 0. The molecule has 0 rings (SSSR count). The highest BCUT2D eigenvalue weighted by atomic mass is 16.5. The first-order chi connectivity index (χ1) is 3.31. The van der Waals surface area contributed by atoms with Gasteiger partial charge < -0.3 is 20.9 Å². The van der Waals surface area contributed by atoms with Crippen molar-refractivity contribution in [3.8, 4) is 0 Å². The third-order valence-electron chi connectivity index (χ3n) is 0.579. The molecule has 0 amide bonds. The molecule has 7 heavy (non-hydrogen) atoms. The quantitative estimate of drug-likeness (QED) is 0.346. The van der Waals surface area contributed by atoms with Gasteiger partial charge in [0.2, 0.25) is 0 Å². The zero-order valence-electron chi connectivity index (χ0n) is 3.87. The number of quaternary nitrogens is 1. The Hall–Kier alpha value is -0.160. The van der Waals surface area contributed by atoms with Gasteiger partial charge in [-0.25, -0.2) is 0 Å². The number of aliphatic hydroxyl groups excluding tert-OH is 2. The van der Waals surface area contributed by atoms with E-state index >= 15 is 0 Å². The van der Waals surface area contributed by atoms with E-state index in [-0.39, 0.29) is 13.2 Å². The minimum Gasteiger partial charge on any atom is -0.636 e. The molecule has 0 saturated heterocycles. The maximum Gasteiger partial charge on any atom is 0.126 e. The van der Waals surface area contributed by atoms with Crippen LogP contribution in [-0.4, -0.2) is 29.5 Å². The van der Waals surface area contributed by atoms with Crippen molar-refractivity contribution < 1.29 is 15.7 Å². The Bertz CT molecular complexity index is 41.2. The Balaban J connectivity index is 2.83. The summed E-state index contributed by atoms with van der Waals surface area (Å²) in [5.74, 6) is 0. The fraction of sp³-hybridized carbons (Fsp3) is 1.00. The predicted octanol–water partition coefficient (Wildman–Crippen LogP) is -2.60. The second-order valence-corrected chi connectivity index (χ2v) is 1.24. The Morgan fingerprint density at radius 1 is 1.71 bits per heavy atom. The normalized spacial score (nSPS) is 14.1. The smallest absolute Gasteiger partial charge is 0.126 e.